The van der Waals surface area contributed by atoms with Crippen molar-refractivity contribution in [3.8, 4) is 0 Å². The molecule has 1 aromatic heterocycles. The van der Waals surface area contributed by atoms with Crippen molar-refractivity contribution in [2.24, 2.45) is 0 Å². The summed E-state index contributed by atoms with van der Waals surface area (Å²) >= 11 is 7.28. The first-order valence-electron chi connectivity index (χ1n) is 8.24. The van der Waals surface area contributed by atoms with Crippen LogP contribution in [0.15, 0.2) is 82.3 Å². The minimum atomic E-state index is -0.338. The number of carbonyl (C=O) groups excluding carboxylic acids is 2. The van der Waals surface area contributed by atoms with Crippen LogP contribution in [0.1, 0.15) is 11.3 Å². The molecule has 0 N–H and O–H groups in total. The van der Waals surface area contributed by atoms with Crippen LogP contribution in [0.2, 0.25) is 5.02 Å². The fourth-order valence-electron chi connectivity index (χ4n) is 2.86. The zero-order valence-corrected chi connectivity index (χ0v) is 15.7. The molecular weight excluding hydrogens is 382 g/mol. The smallest absolute Gasteiger partial charge is 0.272 e. The Bertz CT molecular complexity index is 1010. The summed E-state index contributed by atoms with van der Waals surface area (Å²) in [6.07, 6.45) is 1.59. The summed E-state index contributed by atoms with van der Waals surface area (Å²) in [5.41, 5.74) is 1.60. The molecule has 0 fully saturated rings. The molecule has 0 saturated heterocycles. The molecule has 2 heterocycles. The van der Waals surface area contributed by atoms with Crippen molar-refractivity contribution in [1.82, 2.24) is 0 Å². The summed E-state index contributed by atoms with van der Waals surface area (Å²) < 4.78 is 5.35. The van der Waals surface area contributed by atoms with Crippen LogP contribution in [0.4, 0.5) is 5.69 Å². The second-order valence-corrected chi connectivity index (χ2v) is 7.28. The van der Waals surface area contributed by atoms with Crippen LogP contribution in [0.25, 0.3) is 5.57 Å². The van der Waals surface area contributed by atoms with Gasteiger partial charge in [0.05, 0.1) is 28.2 Å². The zero-order valence-electron chi connectivity index (χ0n) is 14.1. The Labute approximate surface area is 165 Å². The van der Waals surface area contributed by atoms with Crippen LogP contribution in [0.3, 0.4) is 0 Å². The van der Waals surface area contributed by atoms with E-state index in [1.807, 2.05) is 12.1 Å². The van der Waals surface area contributed by atoms with E-state index in [9.17, 15) is 9.59 Å². The second kappa shape index (κ2) is 7.47. The highest BCUT2D eigenvalue weighted by Gasteiger charge is 2.40. The lowest BCUT2D eigenvalue weighted by Gasteiger charge is -2.14. The van der Waals surface area contributed by atoms with Crippen molar-refractivity contribution in [2.75, 3.05) is 4.90 Å². The number of para-hydroxylation sites is 1. The molecule has 0 aliphatic carbocycles. The van der Waals surface area contributed by atoms with Gasteiger partial charge in [-0.3, -0.25) is 9.59 Å². The summed E-state index contributed by atoms with van der Waals surface area (Å²) in [6.45, 7) is 0. The van der Waals surface area contributed by atoms with Crippen LogP contribution >= 0.6 is 23.4 Å². The Morgan fingerprint density at radius 3 is 2.30 bits per heavy atom. The fraction of sp³-hybridized carbons (Fsp3) is 0.0476. The highest BCUT2D eigenvalue weighted by Crippen LogP contribution is 2.39. The summed E-state index contributed by atoms with van der Waals surface area (Å²) in [5.74, 6) is 0.533. The number of thioether (sulfide) groups is 1. The van der Waals surface area contributed by atoms with Gasteiger partial charge in [0.2, 0.25) is 0 Å². The number of furan rings is 1. The van der Waals surface area contributed by atoms with Gasteiger partial charge in [0.15, 0.2) is 0 Å². The van der Waals surface area contributed by atoms with E-state index in [0.29, 0.717) is 32.5 Å². The standard InChI is InChI=1S/C21H14ClNO3S/c22-15-10-8-14(9-11-15)18-19(27-13-17-7-4-12-26-17)21(25)23(20(18)24)16-5-2-1-3-6-16/h1-12H,13H2. The van der Waals surface area contributed by atoms with Crippen LogP contribution < -0.4 is 4.90 Å². The quantitative estimate of drug-likeness (QED) is 0.560. The monoisotopic (exact) mass is 395 g/mol. The first-order valence-corrected chi connectivity index (χ1v) is 9.61. The molecule has 27 heavy (non-hydrogen) atoms. The van der Waals surface area contributed by atoms with Gasteiger partial charge in [-0.15, -0.1) is 11.8 Å². The van der Waals surface area contributed by atoms with Crippen molar-refractivity contribution >= 4 is 46.4 Å². The number of nitrogens with zero attached hydrogens (tertiary/aromatic N) is 1. The molecule has 3 aromatic rings. The number of amides is 2. The maximum atomic E-state index is 13.2. The van der Waals surface area contributed by atoms with Crippen molar-refractivity contribution in [3.63, 3.8) is 0 Å². The minimum absolute atomic E-state index is 0.326. The number of carbonyl (C=O) groups is 2. The Balaban J connectivity index is 1.75. The molecule has 0 bridgehead atoms. The highest BCUT2D eigenvalue weighted by atomic mass is 35.5. The molecule has 0 unspecified atom stereocenters. The molecular formula is C21H14ClNO3S. The molecule has 0 radical (unpaired) electrons. The number of anilines is 1. The molecule has 134 valence electrons. The summed E-state index contributed by atoms with van der Waals surface area (Å²) in [6, 6.07) is 19.5. The number of hydrogen-bond acceptors (Lipinski definition) is 4. The van der Waals surface area contributed by atoms with Crippen molar-refractivity contribution in [2.45, 2.75) is 5.75 Å². The average molecular weight is 396 g/mol. The molecule has 4 nitrogen and oxygen atoms in total. The maximum Gasteiger partial charge on any atom is 0.272 e. The van der Waals surface area contributed by atoms with E-state index in [2.05, 4.69) is 0 Å². The van der Waals surface area contributed by atoms with E-state index in [1.165, 1.54) is 16.7 Å². The van der Waals surface area contributed by atoms with E-state index >= 15 is 0 Å². The van der Waals surface area contributed by atoms with Crippen molar-refractivity contribution < 1.29 is 14.0 Å². The number of rotatable bonds is 5. The van der Waals surface area contributed by atoms with Gasteiger partial charge in [-0.1, -0.05) is 41.9 Å². The normalized spacial score (nSPS) is 14.3. The fourth-order valence-corrected chi connectivity index (χ4v) is 4.01. The lowest BCUT2D eigenvalue weighted by Crippen LogP contribution is -2.31. The van der Waals surface area contributed by atoms with Gasteiger partial charge in [0, 0.05) is 5.02 Å². The molecule has 0 saturated carbocycles. The predicted octanol–water partition coefficient (Wildman–Crippen LogP) is 5.15. The third kappa shape index (κ3) is 3.44. The zero-order chi connectivity index (χ0) is 18.8. The van der Waals surface area contributed by atoms with Crippen molar-refractivity contribution in [1.29, 1.82) is 0 Å². The Morgan fingerprint density at radius 1 is 0.889 bits per heavy atom. The molecule has 2 amide bonds. The number of benzene rings is 2. The van der Waals surface area contributed by atoms with Crippen LogP contribution in [-0.2, 0) is 15.3 Å². The van der Waals surface area contributed by atoms with E-state index < -0.39 is 0 Å². The summed E-state index contributed by atoms with van der Waals surface area (Å²) in [5, 5.41) is 0.570. The number of imide groups is 1. The highest BCUT2D eigenvalue weighted by molar-refractivity contribution is 8.03. The molecule has 2 aromatic carbocycles. The summed E-state index contributed by atoms with van der Waals surface area (Å²) in [7, 11) is 0. The molecule has 1 aliphatic heterocycles. The predicted molar refractivity (Wildman–Crippen MR) is 107 cm³/mol. The van der Waals surface area contributed by atoms with E-state index in [1.54, 1.807) is 60.9 Å². The molecule has 4 rings (SSSR count). The average Bonchev–Trinajstić information content (AvgIpc) is 3.28. The Morgan fingerprint density at radius 2 is 1.63 bits per heavy atom. The van der Waals surface area contributed by atoms with Gasteiger partial charge < -0.3 is 4.42 Å². The van der Waals surface area contributed by atoms with E-state index in [-0.39, 0.29) is 11.8 Å². The van der Waals surface area contributed by atoms with E-state index in [4.69, 9.17) is 16.0 Å². The van der Waals surface area contributed by atoms with Crippen LogP contribution in [0.5, 0.6) is 0 Å². The summed E-state index contributed by atoms with van der Waals surface area (Å²) in [4.78, 5) is 27.9. The molecule has 0 atom stereocenters. The SMILES string of the molecule is O=C1C(SCc2ccco2)=C(c2ccc(Cl)cc2)C(=O)N1c1ccccc1. The van der Waals surface area contributed by atoms with Gasteiger partial charge in [-0.25, -0.2) is 4.90 Å². The third-order valence-electron chi connectivity index (χ3n) is 4.13. The molecule has 0 spiro atoms. The number of halogens is 1. The van der Waals surface area contributed by atoms with Gasteiger partial charge in [0.1, 0.15) is 5.76 Å². The first-order chi connectivity index (χ1) is 13.1. The Kier molecular flexibility index (Phi) is 4.88. The first kappa shape index (κ1) is 17.6. The van der Waals surface area contributed by atoms with Crippen LogP contribution in [0, 0.1) is 0 Å². The van der Waals surface area contributed by atoms with Gasteiger partial charge in [-0.05, 0) is 42.0 Å². The van der Waals surface area contributed by atoms with Gasteiger partial charge in [0.25, 0.3) is 11.8 Å². The largest absolute Gasteiger partial charge is 0.468 e. The number of hydrogen-bond donors (Lipinski definition) is 0. The second-order valence-electron chi connectivity index (χ2n) is 5.86. The maximum absolute atomic E-state index is 13.2. The lowest BCUT2D eigenvalue weighted by molar-refractivity contribution is -0.119. The molecule has 1 aliphatic rings. The minimum Gasteiger partial charge on any atom is -0.468 e. The topological polar surface area (TPSA) is 50.5 Å². The van der Waals surface area contributed by atoms with Gasteiger partial charge >= 0.3 is 0 Å². The third-order valence-corrected chi connectivity index (χ3v) is 5.48. The van der Waals surface area contributed by atoms with Crippen molar-refractivity contribution in [3.05, 3.63) is 94.2 Å². The Hall–Kier alpha value is -2.76. The van der Waals surface area contributed by atoms with Crippen LogP contribution in [-0.4, -0.2) is 11.8 Å². The van der Waals surface area contributed by atoms with Gasteiger partial charge in [-0.2, -0.15) is 0 Å². The lowest BCUT2D eigenvalue weighted by atomic mass is 10.1. The molecule has 6 heteroatoms. The van der Waals surface area contributed by atoms with E-state index in [0.717, 1.165) is 5.76 Å².